The third kappa shape index (κ3) is 4.63. The van der Waals surface area contributed by atoms with E-state index in [0.717, 1.165) is 11.1 Å². The highest BCUT2D eigenvalue weighted by atomic mass is 35.5. The maximum absolute atomic E-state index is 13.0. The molecule has 2 N–H and O–H groups in total. The van der Waals surface area contributed by atoms with Gasteiger partial charge in [0.1, 0.15) is 11.4 Å². The quantitative estimate of drug-likeness (QED) is 0.284. The van der Waals surface area contributed by atoms with Gasteiger partial charge in [0.2, 0.25) is 5.82 Å². The average Bonchev–Trinajstić information content (AvgIpc) is 3.28. The van der Waals surface area contributed by atoms with E-state index in [1.807, 2.05) is 12.1 Å². The molecule has 0 atom stereocenters. The number of alkyl halides is 3. The van der Waals surface area contributed by atoms with E-state index < -0.39 is 22.1 Å². The minimum Gasteiger partial charge on any atom is -0.376 e. The predicted octanol–water partition coefficient (Wildman–Crippen LogP) is 4.50. The number of nitrogens with zero attached hydrogens (tertiary/aromatic N) is 2. The van der Waals surface area contributed by atoms with Crippen LogP contribution in [-0.4, -0.2) is 10.1 Å². The second kappa shape index (κ2) is 8.68. The summed E-state index contributed by atoms with van der Waals surface area (Å²) in [5, 5.41) is 6.27. The highest BCUT2D eigenvalue weighted by molar-refractivity contribution is 6.30. The van der Waals surface area contributed by atoms with Crippen molar-refractivity contribution in [2.45, 2.75) is 18.5 Å². The Labute approximate surface area is 189 Å². The van der Waals surface area contributed by atoms with Crippen LogP contribution in [0.25, 0.3) is 11.4 Å². The zero-order chi connectivity index (χ0) is 22.9. The van der Waals surface area contributed by atoms with Crippen LogP contribution in [0.3, 0.4) is 0 Å². The molecule has 11 heteroatoms. The molecule has 0 spiro atoms. The highest BCUT2D eigenvalue weighted by Crippen LogP contribution is 2.32. The number of rotatable bonds is 8. The van der Waals surface area contributed by atoms with Gasteiger partial charge in [-0.3, -0.25) is 9.59 Å². The zero-order valence-corrected chi connectivity index (χ0v) is 17.7. The van der Waals surface area contributed by atoms with E-state index in [-0.39, 0.29) is 23.7 Å². The molecule has 7 nitrogen and oxygen atoms in total. The maximum atomic E-state index is 13.0. The number of aromatic nitrogens is 2. The molecule has 1 heterocycles. The minimum absolute atomic E-state index is 0.0315. The number of anilines is 2. The van der Waals surface area contributed by atoms with E-state index in [1.165, 1.54) is 0 Å². The van der Waals surface area contributed by atoms with E-state index >= 15 is 0 Å². The van der Waals surface area contributed by atoms with Gasteiger partial charge >= 0.3 is 11.3 Å². The van der Waals surface area contributed by atoms with Crippen molar-refractivity contribution in [3.05, 3.63) is 91.0 Å². The van der Waals surface area contributed by atoms with Crippen molar-refractivity contribution in [2.24, 2.45) is 0 Å². The fourth-order valence-electron chi connectivity index (χ4n) is 2.94. The monoisotopic (exact) mass is 478 g/mol. The minimum atomic E-state index is -3.74. The molecule has 164 valence electrons. The molecule has 1 aromatic heterocycles. The molecule has 4 rings (SSSR count). The summed E-state index contributed by atoms with van der Waals surface area (Å²) in [6.07, 6.45) is 0. The lowest BCUT2D eigenvalue weighted by molar-refractivity contribution is 0.0551. The van der Waals surface area contributed by atoms with Crippen molar-refractivity contribution >= 4 is 34.6 Å². The summed E-state index contributed by atoms with van der Waals surface area (Å²) in [6.45, 7) is 0.622. The molecule has 0 fully saturated rings. The number of hydrogen-bond acceptors (Lipinski definition) is 7. The van der Waals surface area contributed by atoms with E-state index in [1.54, 1.807) is 36.4 Å². The second-order valence-corrected chi connectivity index (χ2v) is 7.77. The van der Waals surface area contributed by atoms with Gasteiger partial charge in [0.25, 0.3) is 10.9 Å². The van der Waals surface area contributed by atoms with Crippen LogP contribution in [0.15, 0.2) is 62.6 Å². The summed E-state index contributed by atoms with van der Waals surface area (Å²) in [4.78, 5) is 27.4. The van der Waals surface area contributed by atoms with Crippen LogP contribution < -0.4 is 21.5 Å². The van der Waals surface area contributed by atoms with Crippen molar-refractivity contribution in [3.8, 4) is 11.4 Å². The Kier molecular flexibility index (Phi) is 5.94. The molecule has 0 aliphatic carbocycles. The van der Waals surface area contributed by atoms with E-state index in [2.05, 4.69) is 25.3 Å². The Hall–Kier alpha value is -3.30. The third-order valence-electron chi connectivity index (χ3n) is 4.64. The molecule has 0 saturated carbocycles. The molecule has 0 radical (unpaired) electrons. The first-order valence-corrected chi connectivity index (χ1v) is 10.0. The fraction of sp³-hybridized carbons (Fsp3) is 0.143. The molecule has 0 unspecified atom stereocenters. The molecular weight excluding hydrogens is 465 g/mol. The van der Waals surface area contributed by atoms with Gasteiger partial charge in [-0.05, 0) is 34.9 Å². The van der Waals surface area contributed by atoms with Crippen LogP contribution in [-0.2, 0) is 18.5 Å². The first kappa shape index (κ1) is 21.9. The summed E-state index contributed by atoms with van der Waals surface area (Å²) in [7, 11) is 0. The van der Waals surface area contributed by atoms with Gasteiger partial charge in [-0.2, -0.15) is 13.8 Å². The normalized spacial score (nSPS) is 11.6. The van der Waals surface area contributed by atoms with E-state index in [9.17, 15) is 18.4 Å². The van der Waals surface area contributed by atoms with Crippen LogP contribution >= 0.6 is 23.2 Å². The largest absolute Gasteiger partial charge is 0.400 e. The van der Waals surface area contributed by atoms with Crippen LogP contribution in [0.5, 0.6) is 0 Å². The van der Waals surface area contributed by atoms with Crippen molar-refractivity contribution in [1.29, 1.82) is 0 Å². The summed E-state index contributed by atoms with van der Waals surface area (Å²) in [6, 6.07) is 13.7. The number of benzene rings is 2. The Balaban J connectivity index is 1.39. The van der Waals surface area contributed by atoms with Crippen LogP contribution in [0.2, 0.25) is 5.02 Å². The summed E-state index contributed by atoms with van der Waals surface area (Å²) >= 11 is 10.7. The van der Waals surface area contributed by atoms with E-state index in [4.69, 9.17) is 23.2 Å². The maximum Gasteiger partial charge on any atom is 0.400 e. The van der Waals surface area contributed by atoms with Crippen LogP contribution in [0, 0.1) is 0 Å². The topological polar surface area (TPSA) is 97.1 Å². The predicted molar refractivity (Wildman–Crippen MR) is 117 cm³/mol. The summed E-state index contributed by atoms with van der Waals surface area (Å²) < 4.78 is 30.5. The van der Waals surface area contributed by atoms with Crippen molar-refractivity contribution in [1.82, 2.24) is 10.1 Å². The van der Waals surface area contributed by atoms with Gasteiger partial charge in [0.05, 0.1) is 0 Å². The van der Waals surface area contributed by atoms with E-state index in [0.29, 0.717) is 17.1 Å². The van der Waals surface area contributed by atoms with Gasteiger partial charge in [0, 0.05) is 23.7 Å². The fourth-order valence-corrected chi connectivity index (χ4v) is 3.14. The lowest BCUT2D eigenvalue weighted by Crippen LogP contribution is -2.37. The molecule has 0 aliphatic heterocycles. The molecule has 3 aromatic carbocycles. The standard InChI is InChI=1S/C21H14Cl2F2N4O3/c22-14-7-3-12(4-8-14)10-27-16-15(17(30)18(16)31)26-9-11-1-5-13(6-2-11)19-28-20(32-29-19)21(23,24)25/h1-8,26-27H,9-10H2. The van der Waals surface area contributed by atoms with Gasteiger partial charge in [0.15, 0.2) is 0 Å². The van der Waals surface area contributed by atoms with Crippen LogP contribution in [0.1, 0.15) is 17.0 Å². The Morgan fingerprint density at radius 3 is 1.84 bits per heavy atom. The molecular formula is C21H14Cl2F2N4O3. The van der Waals surface area contributed by atoms with Crippen LogP contribution in [0.4, 0.5) is 20.2 Å². The van der Waals surface area contributed by atoms with Crippen molar-refractivity contribution in [3.63, 3.8) is 0 Å². The molecule has 0 amide bonds. The molecule has 0 aliphatic rings. The first-order chi connectivity index (χ1) is 15.2. The molecule has 4 aromatic rings. The average molecular weight is 479 g/mol. The Bertz CT molecular complexity index is 1310. The molecule has 0 bridgehead atoms. The summed E-state index contributed by atoms with van der Waals surface area (Å²) in [5.41, 5.74) is 1.38. The van der Waals surface area contributed by atoms with Crippen molar-refractivity contribution < 1.29 is 13.3 Å². The first-order valence-electron chi connectivity index (χ1n) is 9.28. The summed E-state index contributed by atoms with van der Waals surface area (Å²) in [5.74, 6) is -1.02. The number of hydrogen-bond donors (Lipinski definition) is 2. The molecule has 0 saturated heterocycles. The lowest BCUT2D eigenvalue weighted by atomic mass is 10.1. The molecule has 32 heavy (non-hydrogen) atoms. The second-order valence-electron chi connectivity index (χ2n) is 6.86. The number of halogens is 4. The van der Waals surface area contributed by atoms with Gasteiger partial charge < -0.3 is 15.2 Å². The smallest absolute Gasteiger partial charge is 0.376 e. The van der Waals surface area contributed by atoms with Crippen molar-refractivity contribution in [2.75, 3.05) is 10.6 Å². The Morgan fingerprint density at radius 1 is 0.875 bits per heavy atom. The number of nitrogens with one attached hydrogen (secondary N) is 2. The lowest BCUT2D eigenvalue weighted by Gasteiger charge is -2.15. The van der Waals surface area contributed by atoms with Gasteiger partial charge in [-0.25, -0.2) is 0 Å². The van der Waals surface area contributed by atoms with Gasteiger partial charge in [-0.15, -0.1) is 0 Å². The third-order valence-corrected chi connectivity index (χ3v) is 5.06. The Morgan fingerprint density at radius 2 is 1.38 bits per heavy atom. The SMILES string of the molecule is O=c1c(NCc2ccc(Cl)cc2)c(NCc2ccc(-c3noc(C(F)(F)Cl)n3)cc2)c1=O. The van der Waals surface area contributed by atoms with Gasteiger partial charge in [-0.1, -0.05) is 53.2 Å². The highest BCUT2D eigenvalue weighted by Gasteiger charge is 2.35. The zero-order valence-electron chi connectivity index (χ0n) is 16.2.